The largest absolute Gasteiger partial charge is 0.493 e. The second kappa shape index (κ2) is 7.81. The van der Waals surface area contributed by atoms with Crippen molar-refractivity contribution < 1.29 is 18.7 Å². The number of thioether (sulfide) groups is 1. The van der Waals surface area contributed by atoms with Crippen LogP contribution in [0.2, 0.25) is 0 Å². The number of benzene rings is 1. The monoisotopic (exact) mass is 427 g/mol. The van der Waals surface area contributed by atoms with Crippen molar-refractivity contribution in [1.82, 2.24) is 15.1 Å². The molecule has 30 heavy (non-hydrogen) atoms. The summed E-state index contributed by atoms with van der Waals surface area (Å²) in [5, 5.41) is 8.33. The third-order valence-electron chi connectivity index (χ3n) is 5.50. The smallest absolute Gasteiger partial charge is 0.287 e. The van der Waals surface area contributed by atoms with Crippen molar-refractivity contribution in [3.8, 4) is 5.75 Å². The zero-order valence-corrected chi connectivity index (χ0v) is 17.2. The van der Waals surface area contributed by atoms with Gasteiger partial charge in [-0.2, -0.15) is 16.9 Å². The molecule has 2 unspecified atom stereocenters. The molecule has 9 heteroatoms. The molecule has 1 N–H and O–H groups in total. The molecule has 2 aliphatic rings. The molecule has 0 aliphatic carbocycles. The maximum absolute atomic E-state index is 12.9. The van der Waals surface area contributed by atoms with Crippen LogP contribution in [0.1, 0.15) is 27.9 Å². The van der Waals surface area contributed by atoms with Gasteiger partial charge in [0.2, 0.25) is 0 Å². The Labute approximate surface area is 176 Å². The molecule has 3 aromatic rings. The molecule has 1 fully saturated rings. The Bertz CT molecular complexity index is 1170. The van der Waals surface area contributed by atoms with Crippen LogP contribution in [0.15, 0.2) is 39.5 Å². The maximum atomic E-state index is 12.9. The molecule has 5 rings (SSSR count). The summed E-state index contributed by atoms with van der Waals surface area (Å²) in [5.74, 6) is 2.19. The van der Waals surface area contributed by atoms with E-state index in [2.05, 4.69) is 10.4 Å². The first-order chi connectivity index (χ1) is 14.6. The average molecular weight is 427 g/mol. The van der Waals surface area contributed by atoms with Crippen LogP contribution in [-0.2, 0) is 16.9 Å². The number of hydrogen-bond acceptors (Lipinski definition) is 7. The van der Waals surface area contributed by atoms with Crippen LogP contribution in [-0.4, -0.2) is 47.8 Å². The van der Waals surface area contributed by atoms with Gasteiger partial charge in [0.05, 0.1) is 32.1 Å². The molecular weight excluding hydrogens is 406 g/mol. The summed E-state index contributed by atoms with van der Waals surface area (Å²) in [6.45, 7) is 0.625. The van der Waals surface area contributed by atoms with Crippen molar-refractivity contribution in [2.75, 3.05) is 26.1 Å². The van der Waals surface area contributed by atoms with E-state index < -0.39 is 0 Å². The molecule has 2 atom stereocenters. The van der Waals surface area contributed by atoms with Gasteiger partial charge in [-0.15, -0.1) is 0 Å². The van der Waals surface area contributed by atoms with Crippen LogP contribution in [0, 0.1) is 0 Å². The highest BCUT2D eigenvalue weighted by Gasteiger charge is 2.34. The second-order valence-electron chi connectivity index (χ2n) is 7.38. The lowest BCUT2D eigenvalue weighted by atomic mass is 10.1. The van der Waals surface area contributed by atoms with E-state index in [1.54, 1.807) is 37.1 Å². The molecule has 0 radical (unpaired) electrons. The normalized spacial score (nSPS) is 20.8. The number of aryl methyl sites for hydroxylation is 1. The van der Waals surface area contributed by atoms with Crippen molar-refractivity contribution in [2.45, 2.75) is 24.3 Å². The summed E-state index contributed by atoms with van der Waals surface area (Å²) in [6.07, 6.45) is 0.839. The van der Waals surface area contributed by atoms with E-state index in [-0.39, 0.29) is 29.3 Å². The van der Waals surface area contributed by atoms with Gasteiger partial charge in [-0.25, -0.2) is 4.68 Å². The number of ether oxygens (including phenoxy) is 2. The molecule has 2 aromatic heterocycles. The second-order valence-corrected chi connectivity index (χ2v) is 8.48. The molecular formula is C21H21N3O5S. The molecule has 1 aromatic carbocycles. The van der Waals surface area contributed by atoms with Crippen LogP contribution in [0.25, 0.3) is 11.0 Å². The highest BCUT2D eigenvalue weighted by atomic mass is 32.2. The average Bonchev–Trinajstić information content (AvgIpc) is 3.40. The molecule has 0 bridgehead atoms. The van der Waals surface area contributed by atoms with Crippen molar-refractivity contribution in [3.05, 3.63) is 57.7 Å². The summed E-state index contributed by atoms with van der Waals surface area (Å²) in [7, 11) is 1.56. The lowest BCUT2D eigenvalue weighted by molar-refractivity contribution is 0.0898. The third-order valence-corrected chi connectivity index (χ3v) is 6.50. The number of nitrogens with zero attached hydrogens (tertiary/aromatic N) is 2. The number of amides is 1. The van der Waals surface area contributed by atoms with Crippen LogP contribution >= 0.6 is 11.8 Å². The number of rotatable bonds is 4. The van der Waals surface area contributed by atoms with Gasteiger partial charge in [-0.05, 0) is 23.4 Å². The molecule has 156 valence electrons. The number of hydrogen-bond donors (Lipinski definition) is 1. The van der Waals surface area contributed by atoms with Gasteiger partial charge >= 0.3 is 0 Å². The van der Waals surface area contributed by atoms with Gasteiger partial charge in [-0.1, -0.05) is 12.1 Å². The number of furan rings is 1. The van der Waals surface area contributed by atoms with Gasteiger partial charge in [-0.3, -0.25) is 9.59 Å². The fraction of sp³-hybridized carbons (Fsp3) is 0.381. The first-order valence-corrected chi connectivity index (χ1v) is 10.9. The summed E-state index contributed by atoms with van der Waals surface area (Å²) in [4.78, 5) is 25.5. The predicted octanol–water partition coefficient (Wildman–Crippen LogP) is 2.16. The molecule has 0 spiro atoms. The minimum Gasteiger partial charge on any atom is -0.493 e. The lowest BCUT2D eigenvalue weighted by Gasteiger charge is -2.22. The number of aromatic nitrogens is 2. The number of carbonyl (C=O) groups excluding carboxylic acids is 1. The highest BCUT2D eigenvalue weighted by Crippen LogP contribution is 2.29. The Morgan fingerprint density at radius 2 is 2.23 bits per heavy atom. The van der Waals surface area contributed by atoms with Gasteiger partial charge in [0, 0.05) is 23.6 Å². The first kappa shape index (κ1) is 19.2. The number of fused-ring (bicyclic) bond motifs is 2. The summed E-state index contributed by atoms with van der Waals surface area (Å²) in [6, 6.07) is 8.08. The van der Waals surface area contributed by atoms with Gasteiger partial charge in [0.15, 0.2) is 17.1 Å². The molecule has 4 heterocycles. The van der Waals surface area contributed by atoms with Crippen LogP contribution in [0.4, 0.5) is 0 Å². The number of para-hydroxylation sites is 1. The van der Waals surface area contributed by atoms with Crippen molar-refractivity contribution >= 4 is 28.6 Å². The van der Waals surface area contributed by atoms with Crippen molar-refractivity contribution in [3.63, 3.8) is 0 Å². The maximum Gasteiger partial charge on any atom is 0.287 e. The van der Waals surface area contributed by atoms with E-state index in [4.69, 9.17) is 13.9 Å². The van der Waals surface area contributed by atoms with Crippen molar-refractivity contribution in [2.24, 2.45) is 0 Å². The lowest BCUT2D eigenvalue weighted by Crippen LogP contribution is -2.44. The van der Waals surface area contributed by atoms with Crippen molar-refractivity contribution in [1.29, 1.82) is 0 Å². The Morgan fingerprint density at radius 3 is 3.10 bits per heavy atom. The minimum absolute atomic E-state index is 0.167. The fourth-order valence-electron chi connectivity index (χ4n) is 3.94. The van der Waals surface area contributed by atoms with E-state index in [0.29, 0.717) is 24.5 Å². The molecule has 0 saturated carbocycles. The number of nitrogens with one attached hydrogen (secondary N) is 1. The third kappa shape index (κ3) is 3.37. The zero-order valence-electron chi connectivity index (χ0n) is 16.4. The zero-order chi connectivity index (χ0) is 20.7. The molecule has 1 saturated heterocycles. The summed E-state index contributed by atoms with van der Waals surface area (Å²) < 4.78 is 18.1. The van der Waals surface area contributed by atoms with Gasteiger partial charge in [0.25, 0.3) is 11.5 Å². The number of carbonyl (C=O) groups is 1. The van der Waals surface area contributed by atoms with E-state index in [1.807, 2.05) is 12.1 Å². The first-order valence-electron chi connectivity index (χ1n) is 9.78. The van der Waals surface area contributed by atoms with E-state index in [0.717, 1.165) is 34.6 Å². The van der Waals surface area contributed by atoms with E-state index in [1.165, 1.54) is 4.68 Å². The molecule has 2 aliphatic heterocycles. The quantitative estimate of drug-likeness (QED) is 0.682. The van der Waals surface area contributed by atoms with E-state index in [9.17, 15) is 9.59 Å². The Kier molecular flexibility index (Phi) is 5.00. The fourth-order valence-corrected chi connectivity index (χ4v) is 4.89. The Morgan fingerprint density at radius 1 is 1.33 bits per heavy atom. The minimum atomic E-state index is -0.381. The van der Waals surface area contributed by atoms with E-state index >= 15 is 0 Å². The summed E-state index contributed by atoms with van der Waals surface area (Å²) in [5.41, 5.74) is 2.31. The molecule has 1 amide bonds. The van der Waals surface area contributed by atoms with Gasteiger partial charge < -0.3 is 19.2 Å². The van der Waals surface area contributed by atoms with Crippen LogP contribution in [0.3, 0.4) is 0 Å². The highest BCUT2D eigenvalue weighted by molar-refractivity contribution is 7.98. The van der Waals surface area contributed by atoms with Crippen LogP contribution < -0.4 is 15.6 Å². The predicted molar refractivity (Wildman–Crippen MR) is 112 cm³/mol. The molecule has 8 nitrogen and oxygen atoms in total. The standard InChI is InChI=1S/C21H21N3O5S/c1-27-17-4-2-3-12-7-18(29-20(12)17)21(26)22-15-9-28-10-16(15)24-19(25)8-13-11-30-6-5-14(13)23-24/h2-4,7-8,15-16H,5-6,9-11H2,1H3,(H,22,26). The Hall–Kier alpha value is -2.78. The Balaban J connectivity index is 1.40. The number of methoxy groups -OCH3 is 1. The van der Waals surface area contributed by atoms with Gasteiger partial charge in [0.1, 0.15) is 6.04 Å². The summed E-state index contributed by atoms with van der Waals surface area (Å²) >= 11 is 1.81. The topological polar surface area (TPSA) is 95.6 Å². The van der Waals surface area contributed by atoms with Crippen LogP contribution in [0.5, 0.6) is 5.75 Å². The SMILES string of the molecule is COc1cccc2cc(C(=O)NC3COCC3n3nc4c(cc3=O)CSCC4)oc12.